The van der Waals surface area contributed by atoms with Gasteiger partial charge in [-0.05, 0) is 24.1 Å². The fourth-order valence-corrected chi connectivity index (χ4v) is 3.80. The number of benzene rings is 2. The van der Waals surface area contributed by atoms with Crippen molar-refractivity contribution >= 4 is 22.6 Å². The van der Waals surface area contributed by atoms with Gasteiger partial charge in [0.2, 0.25) is 0 Å². The highest BCUT2D eigenvalue weighted by molar-refractivity contribution is 6.04. The van der Waals surface area contributed by atoms with Gasteiger partial charge >= 0.3 is 5.97 Å². The van der Waals surface area contributed by atoms with Crippen molar-refractivity contribution in [2.75, 3.05) is 0 Å². The van der Waals surface area contributed by atoms with E-state index in [-0.39, 0.29) is 23.0 Å². The Labute approximate surface area is 199 Å². The fraction of sp³-hybridized carbons (Fsp3) is 0.115. The van der Waals surface area contributed by atoms with Crippen LogP contribution in [0, 0.1) is 11.3 Å². The molecule has 0 fully saturated rings. The molecule has 0 aliphatic carbocycles. The predicted octanol–water partition coefficient (Wildman–Crippen LogP) is 2.75. The van der Waals surface area contributed by atoms with E-state index in [1.807, 2.05) is 36.4 Å². The van der Waals surface area contributed by atoms with Gasteiger partial charge in [-0.15, -0.1) is 0 Å². The molecule has 174 valence electrons. The Morgan fingerprint density at radius 1 is 1.09 bits per heavy atom. The maximum absolute atomic E-state index is 13.1. The summed E-state index contributed by atoms with van der Waals surface area (Å²) in [7, 11) is 0. The number of aliphatic carboxylic acids is 1. The number of carboxylic acids is 1. The molecule has 1 unspecified atom stereocenters. The highest BCUT2D eigenvalue weighted by Gasteiger charge is 2.38. The van der Waals surface area contributed by atoms with Gasteiger partial charge in [0.15, 0.2) is 22.7 Å². The van der Waals surface area contributed by atoms with Crippen molar-refractivity contribution in [1.82, 2.24) is 14.9 Å². The highest BCUT2D eigenvalue weighted by Crippen LogP contribution is 2.29. The minimum Gasteiger partial charge on any atom is -0.505 e. The zero-order valence-electron chi connectivity index (χ0n) is 18.6. The fourth-order valence-electron chi connectivity index (χ4n) is 3.80. The minimum atomic E-state index is -1.84. The summed E-state index contributed by atoms with van der Waals surface area (Å²) < 4.78 is 1.37. The first-order valence-electron chi connectivity index (χ1n) is 10.6. The van der Waals surface area contributed by atoms with Crippen LogP contribution < -0.4 is 10.9 Å². The smallest absolute Gasteiger partial charge is 0.333 e. The number of carbonyl (C=O) groups excluding carboxylic acids is 1. The summed E-state index contributed by atoms with van der Waals surface area (Å²) in [6, 6.07) is 20.5. The van der Waals surface area contributed by atoms with Crippen LogP contribution in [0.5, 0.6) is 5.75 Å². The lowest BCUT2D eigenvalue weighted by atomic mass is 9.92. The van der Waals surface area contributed by atoms with Crippen molar-refractivity contribution in [3.63, 3.8) is 0 Å². The molecule has 2 heterocycles. The van der Waals surface area contributed by atoms with Gasteiger partial charge in [0.1, 0.15) is 6.07 Å². The SMILES string of the molecule is CC(NC(=O)c1nc(C#N)c2c(=O)n(Cc3ccccc3)ccc2c1O)(C(=O)O)c1ccccc1. The van der Waals surface area contributed by atoms with Crippen molar-refractivity contribution in [3.05, 3.63) is 106 Å². The largest absolute Gasteiger partial charge is 0.505 e. The molecule has 2 aromatic carbocycles. The summed E-state index contributed by atoms with van der Waals surface area (Å²) in [6.45, 7) is 1.53. The summed E-state index contributed by atoms with van der Waals surface area (Å²) in [5, 5.41) is 32.5. The molecule has 9 nitrogen and oxygen atoms in total. The maximum atomic E-state index is 13.1. The maximum Gasteiger partial charge on any atom is 0.333 e. The van der Waals surface area contributed by atoms with Gasteiger partial charge < -0.3 is 20.1 Å². The van der Waals surface area contributed by atoms with E-state index in [9.17, 15) is 29.9 Å². The predicted molar refractivity (Wildman–Crippen MR) is 127 cm³/mol. The van der Waals surface area contributed by atoms with Crippen molar-refractivity contribution in [1.29, 1.82) is 5.26 Å². The monoisotopic (exact) mass is 468 g/mol. The van der Waals surface area contributed by atoms with Crippen LogP contribution in [-0.4, -0.2) is 31.6 Å². The first-order valence-corrected chi connectivity index (χ1v) is 10.6. The Morgan fingerprint density at radius 2 is 1.71 bits per heavy atom. The molecule has 9 heteroatoms. The third-order valence-corrected chi connectivity index (χ3v) is 5.76. The topological polar surface area (TPSA) is 145 Å². The van der Waals surface area contributed by atoms with Gasteiger partial charge in [0.25, 0.3) is 11.5 Å². The molecule has 4 rings (SSSR count). The summed E-state index contributed by atoms with van der Waals surface area (Å²) in [4.78, 5) is 42.2. The lowest BCUT2D eigenvalue weighted by Gasteiger charge is -2.26. The highest BCUT2D eigenvalue weighted by atomic mass is 16.4. The number of nitriles is 1. The number of hydrogen-bond acceptors (Lipinski definition) is 6. The van der Waals surface area contributed by atoms with Crippen LogP contribution in [0.3, 0.4) is 0 Å². The number of aromatic nitrogens is 2. The summed E-state index contributed by atoms with van der Waals surface area (Å²) in [6.07, 6.45) is 1.45. The number of amides is 1. The Kier molecular flexibility index (Phi) is 6.04. The van der Waals surface area contributed by atoms with Crippen molar-refractivity contribution in [2.45, 2.75) is 19.0 Å². The van der Waals surface area contributed by atoms with Crippen molar-refractivity contribution < 1.29 is 19.8 Å². The summed E-state index contributed by atoms with van der Waals surface area (Å²) in [5.41, 5.74) is -2.16. The second-order valence-corrected chi connectivity index (χ2v) is 8.04. The summed E-state index contributed by atoms with van der Waals surface area (Å²) in [5.74, 6) is -2.97. The Hall–Kier alpha value is -4.97. The number of hydrogen-bond donors (Lipinski definition) is 3. The van der Waals surface area contributed by atoms with E-state index in [1.54, 1.807) is 18.2 Å². The third-order valence-electron chi connectivity index (χ3n) is 5.76. The zero-order chi connectivity index (χ0) is 25.2. The van der Waals surface area contributed by atoms with E-state index in [4.69, 9.17) is 0 Å². The van der Waals surface area contributed by atoms with E-state index >= 15 is 0 Å². The molecule has 0 radical (unpaired) electrons. The van der Waals surface area contributed by atoms with Crippen molar-refractivity contribution in [3.8, 4) is 11.8 Å². The first-order chi connectivity index (χ1) is 16.8. The molecule has 0 saturated carbocycles. The number of fused-ring (bicyclic) bond motifs is 1. The lowest BCUT2D eigenvalue weighted by molar-refractivity contribution is -0.144. The standard InChI is InChI=1S/C26H20N4O5/c1-26(25(34)35,17-10-6-3-7-11-17)29-23(32)21-22(31)18-12-13-30(15-16-8-4-2-5-9-16)24(33)20(18)19(14-27)28-21/h2-13,31H,15H2,1H3,(H,29,32)(H,34,35). The van der Waals surface area contributed by atoms with E-state index in [0.29, 0.717) is 5.56 Å². The van der Waals surface area contributed by atoms with Gasteiger partial charge in [-0.2, -0.15) is 5.26 Å². The van der Waals surface area contributed by atoms with Gasteiger partial charge in [0.05, 0.1) is 11.9 Å². The number of pyridine rings is 2. The number of nitrogens with one attached hydrogen (secondary N) is 1. The van der Waals surface area contributed by atoms with Crippen molar-refractivity contribution in [2.24, 2.45) is 0 Å². The Balaban J connectivity index is 1.79. The average molecular weight is 468 g/mol. The molecule has 0 saturated heterocycles. The van der Waals surface area contributed by atoms with Crippen LogP contribution in [-0.2, 0) is 16.9 Å². The number of aromatic hydroxyl groups is 1. The quantitative estimate of drug-likeness (QED) is 0.394. The average Bonchev–Trinajstić information content (AvgIpc) is 2.87. The molecule has 0 aliphatic heterocycles. The molecule has 0 aliphatic rings. The molecule has 1 atom stereocenters. The van der Waals surface area contributed by atoms with Crippen LogP contribution in [0.25, 0.3) is 10.8 Å². The molecular weight excluding hydrogens is 448 g/mol. The van der Waals surface area contributed by atoms with E-state index in [1.165, 1.54) is 35.9 Å². The number of carbonyl (C=O) groups is 2. The third kappa shape index (κ3) is 4.20. The molecule has 2 aromatic heterocycles. The molecule has 4 aromatic rings. The lowest BCUT2D eigenvalue weighted by Crippen LogP contribution is -2.49. The van der Waals surface area contributed by atoms with Crippen LogP contribution in [0.4, 0.5) is 0 Å². The first kappa shape index (κ1) is 23.2. The number of carboxylic acid groups (broad SMARTS) is 1. The number of nitrogens with zero attached hydrogens (tertiary/aromatic N) is 3. The number of rotatable bonds is 6. The van der Waals surface area contributed by atoms with E-state index in [0.717, 1.165) is 5.56 Å². The molecule has 1 amide bonds. The van der Waals surface area contributed by atoms with Gasteiger partial charge in [0, 0.05) is 11.6 Å². The van der Waals surface area contributed by atoms with E-state index in [2.05, 4.69) is 10.3 Å². The normalized spacial score (nSPS) is 12.5. The van der Waals surface area contributed by atoms with Crippen LogP contribution in [0.1, 0.15) is 34.2 Å². The zero-order valence-corrected chi connectivity index (χ0v) is 18.6. The van der Waals surface area contributed by atoms with Crippen LogP contribution >= 0.6 is 0 Å². The molecular formula is C26H20N4O5. The second kappa shape index (κ2) is 9.11. The summed E-state index contributed by atoms with van der Waals surface area (Å²) >= 11 is 0. The molecule has 35 heavy (non-hydrogen) atoms. The second-order valence-electron chi connectivity index (χ2n) is 8.04. The van der Waals surface area contributed by atoms with E-state index < -0.39 is 34.4 Å². The van der Waals surface area contributed by atoms with Gasteiger partial charge in [-0.3, -0.25) is 9.59 Å². The Morgan fingerprint density at radius 3 is 2.31 bits per heavy atom. The van der Waals surface area contributed by atoms with Gasteiger partial charge in [-0.1, -0.05) is 60.7 Å². The van der Waals surface area contributed by atoms with Crippen LogP contribution in [0.15, 0.2) is 77.7 Å². The Bertz CT molecular complexity index is 1540. The minimum absolute atomic E-state index is 0.0345. The van der Waals surface area contributed by atoms with Crippen LogP contribution in [0.2, 0.25) is 0 Å². The van der Waals surface area contributed by atoms with Gasteiger partial charge in [-0.25, -0.2) is 9.78 Å². The molecule has 0 bridgehead atoms. The molecule has 3 N–H and O–H groups in total. The molecule has 0 spiro atoms.